The topological polar surface area (TPSA) is 102 Å². The van der Waals surface area contributed by atoms with Gasteiger partial charge in [-0.1, -0.05) is 12.1 Å². The van der Waals surface area contributed by atoms with Crippen LogP contribution in [0.2, 0.25) is 0 Å². The number of hydrogen-bond acceptors (Lipinski definition) is 5. The first-order chi connectivity index (χ1) is 10.4. The third-order valence-electron chi connectivity index (χ3n) is 3.13. The fraction of sp³-hybridized carbons (Fsp3) is 0.133. The molecule has 0 bridgehead atoms. The van der Waals surface area contributed by atoms with E-state index in [1.165, 1.54) is 18.2 Å². The molecule has 0 heterocycles. The molecule has 0 saturated heterocycles. The van der Waals surface area contributed by atoms with Crippen LogP contribution in [0.3, 0.4) is 0 Å². The molecular formula is C15H16N4O3. The number of nitro groups is 1. The van der Waals surface area contributed by atoms with E-state index in [1.807, 2.05) is 31.1 Å². The molecule has 0 radical (unpaired) electrons. The van der Waals surface area contributed by atoms with Gasteiger partial charge in [-0.15, -0.1) is 0 Å². The highest BCUT2D eigenvalue weighted by molar-refractivity contribution is 6.09. The number of nitrogens with two attached hydrogens (primary N) is 1. The summed E-state index contributed by atoms with van der Waals surface area (Å²) in [7, 11) is 3.71. The molecule has 2 aromatic rings. The molecule has 0 spiro atoms. The number of nitrogen functional groups attached to an aromatic ring is 1. The zero-order chi connectivity index (χ0) is 16.3. The maximum atomic E-state index is 12.4. The molecule has 0 saturated carbocycles. The van der Waals surface area contributed by atoms with Gasteiger partial charge in [-0.05, 0) is 18.2 Å². The van der Waals surface area contributed by atoms with Gasteiger partial charge in [0.05, 0.1) is 21.9 Å². The number of benzene rings is 2. The van der Waals surface area contributed by atoms with Gasteiger partial charge < -0.3 is 16.0 Å². The van der Waals surface area contributed by atoms with Crippen molar-refractivity contribution in [3.05, 3.63) is 58.1 Å². The molecule has 2 rings (SSSR count). The second kappa shape index (κ2) is 6.13. The fourth-order valence-corrected chi connectivity index (χ4v) is 2.01. The van der Waals surface area contributed by atoms with Crippen LogP contribution in [0.4, 0.5) is 22.7 Å². The van der Waals surface area contributed by atoms with Crippen molar-refractivity contribution in [2.45, 2.75) is 0 Å². The van der Waals surface area contributed by atoms with Crippen molar-refractivity contribution in [1.29, 1.82) is 0 Å². The highest BCUT2D eigenvalue weighted by Crippen LogP contribution is 2.26. The Morgan fingerprint density at radius 2 is 1.91 bits per heavy atom. The van der Waals surface area contributed by atoms with E-state index in [4.69, 9.17) is 5.73 Å². The van der Waals surface area contributed by atoms with Gasteiger partial charge in [0, 0.05) is 31.9 Å². The molecular weight excluding hydrogens is 284 g/mol. The number of rotatable bonds is 4. The maximum absolute atomic E-state index is 12.4. The standard InChI is InChI=1S/C15H16N4O3/c1-18(2)14-6-4-3-5-13(14)17-15(20)11-9-10(19(21)22)7-8-12(11)16/h3-9H,16H2,1-2H3,(H,17,20). The first-order valence-electron chi connectivity index (χ1n) is 6.51. The number of amides is 1. The number of non-ortho nitro benzene ring substituents is 1. The van der Waals surface area contributed by atoms with E-state index < -0.39 is 10.8 Å². The minimum absolute atomic E-state index is 0.0720. The van der Waals surface area contributed by atoms with Crippen LogP contribution in [-0.4, -0.2) is 24.9 Å². The number of nitrogens with one attached hydrogen (secondary N) is 1. The Morgan fingerprint density at radius 3 is 2.55 bits per heavy atom. The predicted molar refractivity (Wildman–Crippen MR) is 86.2 cm³/mol. The van der Waals surface area contributed by atoms with Gasteiger partial charge in [0.15, 0.2) is 0 Å². The molecule has 114 valence electrons. The van der Waals surface area contributed by atoms with Crippen molar-refractivity contribution in [3.63, 3.8) is 0 Å². The monoisotopic (exact) mass is 300 g/mol. The number of carbonyl (C=O) groups is 1. The van der Waals surface area contributed by atoms with Gasteiger partial charge in [-0.25, -0.2) is 0 Å². The Balaban J connectivity index is 2.34. The van der Waals surface area contributed by atoms with Crippen LogP contribution in [0.15, 0.2) is 42.5 Å². The number of hydrogen-bond donors (Lipinski definition) is 2. The number of nitro benzene ring substituents is 1. The van der Waals surface area contributed by atoms with E-state index in [9.17, 15) is 14.9 Å². The van der Waals surface area contributed by atoms with Crippen molar-refractivity contribution in [2.75, 3.05) is 30.0 Å². The first-order valence-corrected chi connectivity index (χ1v) is 6.51. The summed E-state index contributed by atoms with van der Waals surface area (Å²) >= 11 is 0. The maximum Gasteiger partial charge on any atom is 0.270 e. The molecule has 1 amide bonds. The molecule has 7 heteroatoms. The lowest BCUT2D eigenvalue weighted by molar-refractivity contribution is -0.384. The molecule has 0 atom stereocenters. The Labute approximate surface area is 127 Å². The summed E-state index contributed by atoms with van der Waals surface area (Å²) in [5.41, 5.74) is 7.25. The number of carbonyl (C=O) groups excluding carboxylic acids is 1. The summed E-state index contributed by atoms with van der Waals surface area (Å²) in [5, 5.41) is 13.5. The lowest BCUT2D eigenvalue weighted by Crippen LogP contribution is -2.17. The molecule has 3 N–H and O–H groups in total. The van der Waals surface area contributed by atoms with Crippen molar-refractivity contribution in [2.24, 2.45) is 0 Å². The van der Waals surface area contributed by atoms with Crippen molar-refractivity contribution >= 4 is 28.7 Å². The number of anilines is 3. The lowest BCUT2D eigenvalue weighted by Gasteiger charge is -2.18. The summed E-state index contributed by atoms with van der Waals surface area (Å²) in [6, 6.07) is 11.0. The largest absolute Gasteiger partial charge is 0.398 e. The molecule has 7 nitrogen and oxygen atoms in total. The second-order valence-corrected chi connectivity index (χ2v) is 4.89. The normalized spacial score (nSPS) is 10.1. The summed E-state index contributed by atoms with van der Waals surface area (Å²) in [4.78, 5) is 24.5. The van der Waals surface area contributed by atoms with Crippen molar-refractivity contribution in [1.82, 2.24) is 0 Å². The third kappa shape index (κ3) is 3.14. The predicted octanol–water partition coefficient (Wildman–Crippen LogP) is 2.50. The van der Waals surface area contributed by atoms with Gasteiger partial charge >= 0.3 is 0 Å². The van der Waals surface area contributed by atoms with Crippen LogP contribution < -0.4 is 16.0 Å². The van der Waals surface area contributed by atoms with E-state index in [-0.39, 0.29) is 16.9 Å². The molecule has 2 aromatic carbocycles. The minimum Gasteiger partial charge on any atom is -0.398 e. The van der Waals surface area contributed by atoms with E-state index in [2.05, 4.69) is 5.32 Å². The number of para-hydroxylation sites is 2. The van der Waals surface area contributed by atoms with E-state index in [1.54, 1.807) is 12.1 Å². The van der Waals surface area contributed by atoms with Crippen LogP contribution in [-0.2, 0) is 0 Å². The van der Waals surface area contributed by atoms with E-state index in [0.717, 1.165) is 5.69 Å². The molecule has 0 aliphatic carbocycles. The Kier molecular flexibility index (Phi) is 4.26. The number of nitrogens with zero attached hydrogens (tertiary/aromatic N) is 2. The Bertz CT molecular complexity index is 728. The fourth-order valence-electron chi connectivity index (χ4n) is 2.01. The molecule has 0 fully saturated rings. The van der Waals surface area contributed by atoms with Crippen LogP contribution in [0.25, 0.3) is 0 Å². The Hall–Kier alpha value is -3.09. The van der Waals surface area contributed by atoms with Crippen LogP contribution in [0.1, 0.15) is 10.4 Å². The minimum atomic E-state index is -0.565. The zero-order valence-corrected chi connectivity index (χ0v) is 12.2. The van der Waals surface area contributed by atoms with Gasteiger partial charge in [0.1, 0.15) is 0 Å². The average Bonchev–Trinajstić information content (AvgIpc) is 2.47. The molecule has 0 aliphatic heterocycles. The lowest BCUT2D eigenvalue weighted by atomic mass is 10.1. The van der Waals surface area contributed by atoms with Crippen LogP contribution in [0, 0.1) is 10.1 Å². The summed E-state index contributed by atoms with van der Waals surface area (Å²) < 4.78 is 0. The zero-order valence-electron chi connectivity index (χ0n) is 12.2. The second-order valence-electron chi connectivity index (χ2n) is 4.89. The van der Waals surface area contributed by atoms with Gasteiger partial charge in [0.2, 0.25) is 0 Å². The first kappa shape index (κ1) is 15.3. The molecule has 0 aliphatic rings. The molecule has 22 heavy (non-hydrogen) atoms. The summed E-state index contributed by atoms with van der Waals surface area (Å²) in [6.07, 6.45) is 0. The molecule has 0 unspecified atom stereocenters. The van der Waals surface area contributed by atoms with Crippen molar-refractivity contribution in [3.8, 4) is 0 Å². The van der Waals surface area contributed by atoms with E-state index >= 15 is 0 Å². The summed E-state index contributed by atoms with van der Waals surface area (Å²) in [6.45, 7) is 0. The van der Waals surface area contributed by atoms with Gasteiger partial charge in [0.25, 0.3) is 11.6 Å². The smallest absolute Gasteiger partial charge is 0.270 e. The summed E-state index contributed by atoms with van der Waals surface area (Å²) in [5.74, 6) is -0.490. The van der Waals surface area contributed by atoms with Gasteiger partial charge in [-0.3, -0.25) is 14.9 Å². The highest BCUT2D eigenvalue weighted by atomic mass is 16.6. The quantitative estimate of drug-likeness (QED) is 0.513. The highest BCUT2D eigenvalue weighted by Gasteiger charge is 2.16. The Morgan fingerprint density at radius 1 is 1.23 bits per heavy atom. The van der Waals surface area contributed by atoms with Crippen LogP contribution in [0.5, 0.6) is 0 Å². The van der Waals surface area contributed by atoms with Crippen LogP contribution >= 0.6 is 0 Å². The molecule has 0 aromatic heterocycles. The average molecular weight is 300 g/mol. The van der Waals surface area contributed by atoms with Crippen molar-refractivity contribution < 1.29 is 9.72 Å². The third-order valence-corrected chi connectivity index (χ3v) is 3.13. The van der Waals surface area contributed by atoms with E-state index in [0.29, 0.717) is 5.69 Å². The SMILES string of the molecule is CN(C)c1ccccc1NC(=O)c1cc([N+](=O)[O-])ccc1N. The van der Waals surface area contributed by atoms with Gasteiger partial charge in [-0.2, -0.15) is 0 Å².